The molecular weight excluding hydrogens is 318 g/mol. The number of hydrogen-bond donors (Lipinski definition) is 1. The minimum Gasteiger partial charge on any atom is -0.298 e. The van der Waals surface area contributed by atoms with Crippen molar-refractivity contribution in [2.75, 3.05) is 5.32 Å². The van der Waals surface area contributed by atoms with Crippen LogP contribution in [0.2, 0.25) is 0 Å². The van der Waals surface area contributed by atoms with Crippen molar-refractivity contribution in [3.8, 4) is 11.3 Å². The van der Waals surface area contributed by atoms with E-state index in [2.05, 4.69) is 33.5 Å². The monoisotopic (exact) mass is 331 g/mol. The fourth-order valence-electron chi connectivity index (χ4n) is 2.57. The molecule has 0 unspecified atom stereocenters. The highest BCUT2D eigenvalue weighted by molar-refractivity contribution is 7.14. The van der Waals surface area contributed by atoms with Crippen LogP contribution in [0.25, 0.3) is 22.0 Å². The van der Waals surface area contributed by atoms with Crippen molar-refractivity contribution in [2.45, 2.75) is 0 Å². The van der Waals surface area contributed by atoms with Gasteiger partial charge >= 0.3 is 0 Å². The van der Waals surface area contributed by atoms with Crippen LogP contribution in [0, 0.1) is 0 Å². The fraction of sp³-hybridized carbons (Fsp3) is 0. The van der Waals surface area contributed by atoms with Gasteiger partial charge in [-0.3, -0.25) is 15.1 Å². The first-order chi connectivity index (χ1) is 11.8. The van der Waals surface area contributed by atoms with Gasteiger partial charge in [-0.15, -0.1) is 11.3 Å². The molecule has 4 rings (SSSR count). The zero-order valence-corrected chi connectivity index (χ0v) is 13.5. The van der Waals surface area contributed by atoms with E-state index >= 15 is 0 Å². The van der Waals surface area contributed by atoms with Gasteiger partial charge in [0.05, 0.1) is 11.3 Å². The van der Waals surface area contributed by atoms with Crippen molar-refractivity contribution < 1.29 is 4.79 Å². The van der Waals surface area contributed by atoms with Gasteiger partial charge in [0.15, 0.2) is 5.13 Å². The predicted molar refractivity (Wildman–Crippen MR) is 97.2 cm³/mol. The molecule has 1 N–H and O–H groups in total. The number of hydrogen-bond acceptors (Lipinski definition) is 4. The largest absolute Gasteiger partial charge is 0.298 e. The molecule has 4 aromatic rings. The molecule has 4 nitrogen and oxygen atoms in total. The molecule has 0 aliphatic carbocycles. The first kappa shape index (κ1) is 14.5. The van der Waals surface area contributed by atoms with Gasteiger partial charge in [0.25, 0.3) is 5.91 Å². The molecule has 0 fully saturated rings. The molecule has 1 amide bonds. The van der Waals surface area contributed by atoms with E-state index < -0.39 is 0 Å². The molecule has 2 aromatic heterocycles. The van der Waals surface area contributed by atoms with Gasteiger partial charge in [-0.05, 0) is 22.9 Å². The average molecular weight is 331 g/mol. The van der Waals surface area contributed by atoms with Gasteiger partial charge < -0.3 is 0 Å². The summed E-state index contributed by atoms with van der Waals surface area (Å²) in [5, 5.41) is 7.68. The molecule has 24 heavy (non-hydrogen) atoms. The maximum Gasteiger partial charge on any atom is 0.259 e. The van der Waals surface area contributed by atoms with Gasteiger partial charge in [0.1, 0.15) is 0 Å². The molecule has 116 valence electrons. The minimum absolute atomic E-state index is 0.207. The molecule has 5 heteroatoms. The maximum atomic E-state index is 12.2. The first-order valence-electron chi connectivity index (χ1n) is 7.46. The summed E-state index contributed by atoms with van der Waals surface area (Å²) in [6.07, 6.45) is 3.17. The zero-order chi connectivity index (χ0) is 16.4. The number of anilines is 1. The van der Waals surface area contributed by atoms with Gasteiger partial charge in [-0.2, -0.15) is 0 Å². The molecule has 0 aliphatic heterocycles. The van der Waals surface area contributed by atoms with Crippen molar-refractivity contribution >= 4 is 33.1 Å². The summed E-state index contributed by atoms with van der Waals surface area (Å²) in [7, 11) is 0. The van der Waals surface area contributed by atoms with Crippen molar-refractivity contribution in [3.05, 3.63) is 77.9 Å². The van der Waals surface area contributed by atoms with Gasteiger partial charge in [-0.25, -0.2) is 4.98 Å². The van der Waals surface area contributed by atoms with Crippen molar-refractivity contribution in [1.82, 2.24) is 9.97 Å². The SMILES string of the molecule is O=C(Nc1nc(-c2cccc3ccccc23)cs1)c1cccnc1. The normalized spacial score (nSPS) is 10.7. The number of aromatic nitrogens is 2. The van der Waals surface area contributed by atoms with Gasteiger partial charge in [0, 0.05) is 23.3 Å². The number of nitrogens with zero attached hydrogens (tertiary/aromatic N) is 2. The Morgan fingerprint density at radius 2 is 1.88 bits per heavy atom. The van der Waals surface area contributed by atoms with E-state index in [1.165, 1.54) is 22.9 Å². The van der Waals surface area contributed by atoms with Crippen LogP contribution < -0.4 is 5.32 Å². The molecule has 2 heterocycles. The number of fused-ring (bicyclic) bond motifs is 1. The number of thiazole rings is 1. The summed E-state index contributed by atoms with van der Waals surface area (Å²) in [5.74, 6) is -0.207. The van der Waals surface area contributed by atoms with Crippen LogP contribution in [0.15, 0.2) is 72.4 Å². The Labute approximate surface area is 142 Å². The number of carbonyl (C=O) groups excluding carboxylic acids is 1. The third-order valence-electron chi connectivity index (χ3n) is 3.71. The smallest absolute Gasteiger partial charge is 0.259 e. The quantitative estimate of drug-likeness (QED) is 0.596. The zero-order valence-electron chi connectivity index (χ0n) is 12.6. The highest BCUT2D eigenvalue weighted by atomic mass is 32.1. The van der Waals surface area contributed by atoms with Gasteiger partial charge in [-0.1, -0.05) is 42.5 Å². The lowest BCUT2D eigenvalue weighted by molar-refractivity contribution is 0.102. The van der Waals surface area contributed by atoms with Crippen LogP contribution in [0.4, 0.5) is 5.13 Å². The molecule has 0 saturated heterocycles. The molecule has 0 saturated carbocycles. The summed E-state index contributed by atoms with van der Waals surface area (Å²) in [6, 6.07) is 17.8. The van der Waals surface area contributed by atoms with Crippen molar-refractivity contribution in [3.63, 3.8) is 0 Å². The van der Waals surface area contributed by atoms with E-state index in [1.54, 1.807) is 18.3 Å². The van der Waals surface area contributed by atoms with E-state index in [-0.39, 0.29) is 5.91 Å². The summed E-state index contributed by atoms with van der Waals surface area (Å²) in [6.45, 7) is 0. The third-order valence-corrected chi connectivity index (χ3v) is 4.47. The second kappa shape index (κ2) is 6.22. The van der Waals surface area contributed by atoms with Crippen LogP contribution in [0.3, 0.4) is 0 Å². The third kappa shape index (κ3) is 2.77. The first-order valence-corrected chi connectivity index (χ1v) is 8.34. The molecule has 0 atom stereocenters. The predicted octanol–water partition coefficient (Wildman–Crippen LogP) is 4.61. The Morgan fingerprint density at radius 3 is 2.75 bits per heavy atom. The lowest BCUT2D eigenvalue weighted by atomic mass is 10.0. The fourth-order valence-corrected chi connectivity index (χ4v) is 3.28. The molecule has 0 aliphatic rings. The Kier molecular flexibility index (Phi) is 3.76. The topological polar surface area (TPSA) is 54.9 Å². The number of benzene rings is 2. The Balaban J connectivity index is 1.64. The minimum atomic E-state index is -0.207. The van der Waals surface area contributed by atoms with Crippen LogP contribution in [0.1, 0.15) is 10.4 Å². The molecule has 0 radical (unpaired) electrons. The summed E-state index contributed by atoms with van der Waals surface area (Å²) in [4.78, 5) is 20.7. The van der Waals surface area contributed by atoms with Crippen LogP contribution in [-0.4, -0.2) is 15.9 Å². The summed E-state index contributed by atoms with van der Waals surface area (Å²) >= 11 is 1.41. The average Bonchev–Trinajstić information content (AvgIpc) is 3.10. The standard InChI is InChI=1S/C19H13N3OS/c23-18(14-7-4-10-20-11-14)22-19-21-17(12-24-19)16-9-3-6-13-5-1-2-8-15(13)16/h1-12H,(H,21,22,23). The number of pyridine rings is 1. The second-order valence-electron chi connectivity index (χ2n) is 5.26. The highest BCUT2D eigenvalue weighted by Gasteiger charge is 2.11. The summed E-state index contributed by atoms with van der Waals surface area (Å²) < 4.78 is 0. The Bertz CT molecular complexity index is 1010. The lowest BCUT2D eigenvalue weighted by Crippen LogP contribution is -2.11. The molecule has 0 spiro atoms. The lowest BCUT2D eigenvalue weighted by Gasteiger charge is -2.03. The molecule has 0 bridgehead atoms. The van der Waals surface area contributed by atoms with E-state index in [0.717, 1.165) is 16.6 Å². The molecule has 2 aromatic carbocycles. The molecular formula is C19H13N3OS. The van der Waals surface area contributed by atoms with E-state index in [1.807, 2.05) is 29.6 Å². The summed E-state index contributed by atoms with van der Waals surface area (Å²) in [5.41, 5.74) is 2.43. The van der Waals surface area contributed by atoms with Crippen molar-refractivity contribution in [1.29, 1.82) is 0 Å². The maximum absolute atomic E-state index is 12.2. The Morgan fingerprint density at radius 1 is 1.00 bits per heavy atom. The van der Waals surface area contributed by atoms with E-state index in [4.69, 9.17) is 0 Å². The van der Waals surface area contributed by atoms with Crippen molar-refractivity contribution in [2.24, 2.45) is 0 Å². The van der Waals surface area contributed by atoms with Gasteiger partial charge in [0.2, 0.25) is 0 Å². The van der Waals surface area contributed by atoms with Crippen LogP contribution in [0.5, 0.6) is 0 Å². The van der Waals surface area contributed by atoms with E-state index in [0.29, 0.717) is 10.7 Å². The number of rotatable bonds is 3. The van der Waals surface area contributed by atoms with E-state index in [9.17, 15) is 4.79 Å². The Hall–Kier alpha value is -3.05. The van der Waals surface area contributed by atoms with Crippen LogP contribution >= 0.6 is 11.3 Å². The highest BCUT2D eigenvalue weighted by Crippen LogP contribution is 2.31. The number of nitrogens with one attached hydrogen (secondary N) is 1. The van der Waals surface area contributed by atoms with Crippen LogP contribution in [-0.2, 0) is 0 Å². The number of carbonyl (C=O) groups is 1. The second-order valence-corrected chi connectivity index (χ2v) is 6.12. The number of amides is 1.